The maximum atomic E-state index is 13.7. The highest BCUT2D eigenvalue weighted by Gasteiger charge is 2.17. The maximum Gasteiger partial charge on any atom is 0.338 e. The van der Waals surface area contributed by atoms with Gasteiger partial charge >= 0.3 is 5.97 Å². The number of carbonyl (C=O) groups is 1. The lowest BCUT2D eigenvalue weighted by Gasteiger charge is -1.99. The van der Waals surface area contributed by atoms with Crippen LogP contribution in [0, 0.1) is 11.6 Å². The number of nitrogens with zero attached hydrogens (tertiary/aromatic N) is 2. The molecule has 7 heteroatoms. The van der Waals surface area contributed by atoms with Gasteiger partial charge in [0.2, 0.25) is 0 Å². The number of nitrogens with one attached hydrogen (secondary N) is 1. The van der Waals surface area contributed by atoms with Crippen LogP contribution in [-0.2, 0) is 0 Å². The number of pyridine rings is 1. The SMILES string of the molecule is O=C(O)c1ccnc2nc(-c3cccc(F)c3F)[nH]c12. The number of aromatic amines is 1. The molecular weight excluding hydrogens is 268 g/mol. The molecule has 0 unspecified atom stereocenters. The number of hydrogen-bond donors (Lipinski definition) is 2. The summed E-state index contributed by atoms with van der Waals surface area (Å²) in [6.07, 6.45) is 1.29. The first-order chi connectivity index (χ1) is 9.58. The van der Waals surface area contributed by atoms with Gasteiger partial charge in [-0.2, -0.15) is 0 Å². The van der Waals surface area contributed by atoms with Crippen molar-refractivity contribution in [3.63, 3.8) is 0 Å². The fourth-order valence-corrected chi connectivity index (χ4v) is 1.90. The van der Waals surface area contributed by atoms with Crippen molar-refractivity contribution in [1.82, 2.24) is 15.0 Å². The summed E-state index contributed by atoms with van der Waals surface area (Å²) in [7, 11) is 0. The molecule has 1 aromatic carbocycles. The molecule has 0 aliphatic heterocycles. The van der Waals surface area contributed by atoms with Gasteiger partial charge < -0.3 is 10.1 Å². The van der Waals surface area contributed by atoms with Crippen LogP contribution in [0.1, 0.15) is 10.4 Å². The molecule has 0 aliphatic carbocycles. The number of H-pyrrole nitrogens is 1. The molecule has 2 N–H and O–H groups in total. The number of benzene rings is 1. The normalized spacial score (nSPS) is 10.9. The third-order valence-electron chi connectivity index (χ3n) is 2.83. The van der Waals surface area contributed by atoms with Gasteiger partial charge in [0, 0.05) is 6.20 Å². The second-order valence-corrected chi connectivity index (χ2v) is 4.05. The van der Waals surface area contributed by atoms with Crippen LogP contribution in [0.25, 0.3) is 22.6 Å². The van der Waals surface area contributed by atoms with Crippen LogP contribution in [0.4, 0.5) is 8.78 Å². The highest BCUT2D eigenvalue weighted by Crippen LogP contribution is 2.25. The van der Waals surface area contributed by atoms with Gasteiger partial charge in [-0.25, -0.2) is 23.5 Å². The van der Waals surface area contributed by atoms with Gasteiger partial charge in [-0.3, -0.25) is 0 Å². The van der Waals surface area contributed by atoms with Crippen molar-refractivity contribution < 1.29 is 18.7 Å². The van der Waals surface area contributed by atoms with E-state index in [0.29, 0.717) is 0 Å². The van der Waals surface area contributed by atoms with Crippen LogP contribution in [0.3, 0.4) is 0 Å². The predicted molar refractivity (Wildman–Crippen MR) is 66.2 cm³/mol. The van der Waals surface area contributed by atoms with Crippen molar-refractivity contribution in [1.29, 1.82) is 0 Å². The van der Waals surface area contributed by atoms with Crippen molar-refractivity contribution in [2.45, 2.75) is 0 Å². The Hall–Kier alpha value is -2.83. The molecule has 100 valence electrons. The standard InChI is InChI=1S/C13H7F2N3O2/c14-8-3-1-2-6(9(8)15)11-17-10-7(13(19)20)4-5-16-12(10)18-11/h1-5H,(H,19,20)(H,16,17,18). The number of halogens is 2. The maximum absolute atomic E-state index is 13.7. The minimum Gasteiger partial charge on any atom is -0.478 e. The van der Waals surface area contributed by atoms with Crippen molar-refractivity contribution in [3.8, 4) is 11.4 Å². The molecule has 0 fully saturated rings. The highest BCUT2D eigenvalue weighted by molar-refractivity contribution is 6.00. The van der Waals surface area contributed by atoms with E-state index in [-0.39, 0.29) is 28.1 Å². The average molecular weight is 275 g/mol. The molecule has 5 nitrogen and oxygen atoms in total. The summed E-state index contributed by atoms with van der Waals surface area (Å²) < 4.78 is 26.9. The third-order valence-corrected chi connectivity index (χ3v) is 2.83. The first-order valence-electron chi connectivity index (χ1n) is 5.60. The fourth-order valence-electron chi connectivity index (χ4n) is 1.90. The monoisotopic (exact) mass is 275 g/mol. The van der Waals surface area contributed by atoms with Crippen LogP contribution in [0.2, 0.25) is 0 Å². The largest absolute Gasteiger partial charge is 0.478 e. The van der Waals surface area contributed by atoms with Crippen molar-refractivity contribution in [2.75, 3.05) is 0 Å². The Bertz CT molecular complexity index is 830. The van der Waals surface area contributed by atoms with Crippen LogP contribution in [-0.4, -0.2) is 26.0 Å². The Morgan fingerprint density at radius 1 is 1.25 bits per heavy atom. The number of hydrogen-bond acceptors (Lipinski definition) is 3. The zero-order valence-electron chi connectivity index (χ0n) is 9.89. The Kier molecular flexibility index (Phi) is 2.67. The lowest BCUT2D eigenvalue weighted by molar-refractivity contribution is 0.0698. The zero-order valence-corrected chi connectivity index (χ0v) is 9.89. The van der Waals surface area contributed by atoms with Gasteiger partial charge in [0.15, 0.2) is 17.3 Å². The molecule has 3 aromatic rings. The number of carboxylic acids is 1. The smallest absolute Gasteiger partial charge is 0.338 e. The van der Waals surface area contributed by atoms with Gasteiger partial charge in [-0.1, -0.05) is 6.07 Å². The molecular formula is C13H7F2N3O2. The van der Waals surface area contributed by atoms with E-state index in [1.165, 1.54) is 24.4 Å². The van der Waals surface area contributed by atoms with Crippen LogP contribution in [0.5, 0.6) is 0 Å². The van der Waals surface area contributed by atoms with Gasteiger partial charge in [-0.15, -0.1) is 0 Å². The Morgan fingerprint density at radius 2 is 2.05 bits per heavy atom. The first kappa shape index (κ1) is 12.2. The van der Waals surface area contributed by atoms with Gasteiger partial charge in [0.25, 0.3) is 0 Å². The molecule has 2 aromatic heterocycles. The van der Waals surface area contributed by atoms with E-state index in [4.69, 9.17) is 5.11 Å². The van der Waals surface area contributed by atoms with Crippen molar-refractivity contribution in [3.05, 3.63) is 47.7 Å². The van der Waals surface area contributed by atoms with E-state index >= 15 is 0 Å². The fraction of sp³-hybridized carbons (Fsp3) is 0. The van der Waals surface area contributed by atoms with E-state index < -0.39 is 17.6 Å². The minimum absolute atomic E-state index is 0.0261. The summed E-state index contributed by atoms with van der Waals surface area (Å²) in [4.78, 5) is 21.6. The first-order valence-corrected chi connectivity index (χ1v) is 5.60. The second-order valence-electron chi connectivity index (χ2n) is 4.05. The molecule has 0 amide bonds. The number of aromatic nitrogens is 3. The Balaban J connectivity index is 2.26. The number of carboxylic acid groups (broad SMARTS) is 1. The average Bonchev–Trinajstić information content (AvgIpc) is 2.84. The molecule has 0 atom stereocenters. The number of rotatable bonds is 2. The molecule has 3 rings (SSSR count). The summed E-state index contributed by atoms with van der Waals surface area (Å²) >= 11 is 0. The predicted octanol–water partition coefficient (Wildman–Crippen LogP) is 2.60. The molecule has 0 radical (unpaired) electrons. The van der Waals surface area contributed by atoms with Gasteiger partial charge in [-0.05, 0) is 18.2 Å². The molecule has 0 saturated heterocycles. The summed E-state index contributed by atoms with van der Waals surface area (Å²) in [5.74, 6) is -3.19. The Morgan fingerprint density at radius 3 is 2.80 bits per heavy atom. The van der Waals surface area contributed by atoms with Gasteiger partial charge in [0.05, 0.1) is 16.6 Å². The minimum atomic E-state index is -1.16. The summed E-state index contributed by atoms with van der Waals surface area (Å²) in [6, 6.07) is 4.97. The zero-order chi connectivity index (χ0) is 14.3. The number of aromatic carboxylic acids is 1. The molecule has 20 heavy (non-hydrogen) atoms. The summed E-state index contributed by atoms with van der Waals surface area (Å²) in [5, 5.41) is 9.05. The molecule has 0 bridgehead atoms. The lowest BCUT2D eigenvalue weighted by Crippen LogP contribution is -1.97. The van der Waals surface area contributed by atoms with E-state index in [1.807, 2.05) is 0 Å². The second kappa shape index (κ2) is 4.37. The van der Waals surface area contributed by atoms with Crippen LogP contribution < -0.4 is 0 Å². The van der Waals surface area contributed by atoms with Crippen molar-refractivity contribution in [2.24, 2.45) is 0 Å². The third kappa shape index (κ3) is 1.80. The number of fused-ring (bicyclic) bond motifs is 1. The van der Waals surface area contributed by atoms with E-state index in [1.54, 1.807) is 0 Å². The molecule has 0 spiro atoms. The van der Waals surface area contributed by atoms with Crippen LogP contribution >= 0.6 is 0 Å². The van der Waals surface area contributed by atoms with E-state index in [0.717, 1.165) is 6.07 Å². The summed E-state index contributed by atoms with van der Waals surface area (Å²) in [5.41, 5.74) is 0.173. The molecule has 0 aliphatic rings. The molecule has 0 saturated carbocycles. The topological polar surface area (TPSA) is 78.9 Å². The highest BCUT2D eigenvalue weighted by atomic mass is 19.2. The molecule has 2 heterocycles. The van der Waals surface area contributed by atoms with E-state index in [2.05, 4.69) is 15.0 Å². The van der Waals surface area contributed by atoms with Crippen LogP contribution in [0.15, 0.2) is 30.5 Å². The Labute approximate surface area is 110 Å². The van der Waals surface area contributed by atoms with Crippen molar-refractivity contribution >= 4 is 17.1 Å². The van der Waals surface area contributed by atoms with E-state index in [9.17, 15) is 13.6 Å². The number of imidazole rings is 1. The lowest BCUT2D eigenvalue weighted by atomic mass is 10.2. The summed E-state index contributed by atoms with van der Waals surface area (Å²) in [6.45, 7) is 0. The quantitative estimate of drug-likeness (QED) is 0.753. The van der Waals surface area contributed by atoms with Gasteiger partial charge in [0.1, 0.15) is 5.82 Å².